The molecular weight excluding hydrogens is 486 g/mol. The van der Waals surface area contributed by atoms with Crippen molar-refractivity contribution in [2.45, 2.75) is 51.2 Å². The van der Waals surface area contributed by atoms with E-state index in [1.165, 1.54) is 22.5 Å². The molecule has 11 heteroatoms. The Morgan fingerprint density at radius 3 is 2.43 bits per heavy atom. The summed E-state index contributed by atoms with van der Waals surface area (Å²) in [5, 5.41) is 30.8. The molecule has 3 rings (SSSR count). The van der Waals surface area contributed by atoms with Crippen molar-refractivity contribution in [3.63, 3.8) is 0 Å². The number of carboxylic acids is 1. The number of aliphatic hydroxyl groups is 2. The van der Waals surface area contributed by atoms with Gasteiger partial charge in [-0.25, -0.2) is 17.8 Å². The van der Waals surface area contributed by atoms with Crippen molar-refractivity contribution in [2.75, 3.05) is 17.1 Å². The van der Waals surface area contributed by atoms with E-state index < -0.39 is 40.4 Å². The number of carboxylic acid groups (broad SMARTS) is 1. The van der Waals surface area contributed by atoms with Crippen molar-refractivity contribution >= 4 is 27.9 Å². The SMILES string of the molecule is CC(C)c1nc2c(c(-c3ccc(F)cc3)c1/C=C/[C@@H](O)C[C@@H](O)CC(=O)[O-])CCN2S(C)(=O)=O.[Na+]. The van der Waals surface area contributed by atoms with Crippen molar-refractivity contribution in [1.29, 1.82) is 0 Å². The van der Waals surface area contributed by atoms with Crippen LogP contribution in [0.15, 0.2) is 30.3 Å². The van der Waals surface area contributed by atoms with Gasteiger partial charge in [0, 0.05) is 36.5 Å². The summed E-state index contributed by atoms with van der Waals surface area (Å²) in [7, 11) is -3.55. The summed E-state index contributed by atoms with van der Waals surface area (Å²) in [4.78, 5) is 15.4. The average Bonchev–Trinajstić information content (AvgIpc) is 3.15. The molecule has 1 aromatic heterocycles. The number of hydrogen-bond donors (Lipinski definition) is 2. The smallest absolute Gasteiger partial charge is 0.550 e. The molecule has 0 saturated carbocycles. The first-order chi connectivity index (χ1) is 15.9. The summed E-state index contributed by atoms with van der Waals surface area (Å²) >= 11 is 0. The van der Waals surface area contributed by atoms with Gasteiger partial charge in [-0.05, 0) is 35.6 Å². The van der Waals surface area contributed by atoms with E-state index in [1.807, 2.05) is 13.8 Å². The maximum absolute atomic E-state index is 13.7. The van der Waals surface area contributed by atoms with Gasteiger partial charge >= 0.3 is 29.6 Å². The number of sulfonamides is 1. The second kappa shape index (κ2) is 11.9. The third-order valence-electron chi connectivity index (χ3n) is 5.63. The molecule has 0 amide bonds. The van der Waals surface area contributed by atoms with E-state index in [2.05, 4.69) is 4.98 Å². The van der Waals surface area contributed by atoms with E-state index >= 15 is 0 Å². The van der Waals surface area contributed by atoms with Crippen LogP contribution < -0.4 is 39.0 Å². The minimum Gasteiger partial charge on any atom is -0.550 e. The first-order valence-electron chi connectivity index (χ1n) is 10.9. The average molecular weight is 515 g/mol. The van der Waals surface area contributed by atoms with Gasteiger partial charge in [0.1, 0.15) is 11.6 Å². The quantitative estimate of drug-likeness (QED) is 0.394. The maximum atomic E-state index is 13.7. The second-order valence-electron chi connectivity index (χ2n) is 8.73. The topological polar surface area (TPSA) is 131 Å². The molecule has 1 aliphatic heterocycles. The van der Waals surface area contributed by atoms with E-state index in [0.717, 1.165) is 6.26 Å². The summed E-state index contributed by atoms with van der Waals surface area (Å²) in [5.41, 5.74) is 3.30. The Hall–Kier alpha value is -1.82. The van der Waals surface area contributed by atoms with Crippen molar-refractivity contribution < 1.29 is 62.5 Å². The first kappa shape index (κ1) is 29.4. The number of benzene rings is 1. The van der Waals surface area contributed by atoms with Crippen molar-refractivity contribution in [1.82, 2.24) is 4.98 Å². The number of carbonyl (C=O) groups is 1. The van der Waals surface area contributed by atoms with Gasteiger partial charge < -0.3 is 20.1 Å². The Labute approximate surface area is 226 Å². The number of rotatable bonds is 9. The van der Waals surface area contributed by atoms with E-state index in [-0.39, 0.29) is 48.4 Å². The van der Waals surface area contributed by atoms with E-state index in [1.54, 1.807) is 18.2 Å². The molecule has 1 aromatic carbocycles. The molecule has 2 N–H and O–H groups in total. The molecule has 0 fully saturated rings. The number of anilines is 1. The fourth-order valence-corrected chi connectivity index (χ4v) is 5.01. The Bertz CT molecular complexity index is 1200. The fraction of sp³-hybridized carbons (Fsp3) is 0.417. The van der Waals surface area contributed by atoms with Crippen LogP contribution in [0.4, 0.5) is 10.2 Å². The Morgan fingerprint density at radius 1 is 1.26 bits per heavy atom. The summed E-state index contributed by atoms with van der Waals surface area (Å²) < 4.78 is 39.7. The van der Waals surface area contributed by atoms with Gasteiger partial charge in [-0.2, -0.15) is 0 Å². The molecule has 0 bridgehead atoms. The van der Waals surface area contributed by atoms with Gasteiger partial charge in [0.25, 0.3) is 0 Å². The Morgan fingerprint density at radius 2 is 1.89 bits per heavy atom. The van der Waals surface area contributed by atoms with Gasteiger partial charge in [-0.1, -0.05) is 38.1 Å². The summed E-state index contributed by atoms with van der Waals surface area (Å²) in [6, 6.07) is 5.85. The fourth-order valence-electron chi connectivity index (χ4n) is 4.12. The molecule has 1 aliphatic rings. The zero-order valence-corrected chi connectivity index (χ0v) is 23.0. The van der Waals surface area contributed by atoms with Crippen molar-refractivity contribution in [3.05, 3.63) is 53.0 Å². The zero-order chi connectivity index (χ0) is 25.2. The van der Waals surface area contributed by atoms with Gasteiger partial charge in [0.15, 0.2) is 0 Å². The van der Waals surface area contributed by atoms with E-state index in [9.17, 15) is 32.9 Å². The van der Waals surface area contributed by atoms with Crippen LogP contribution in [-0.4, -0.2) is 54.6 Å². The molecule has 2 aromatic rings. The molecule has 2 heterocycles. The van der Waals surface area contributed by atoms with Crippen LogP contribution in [0.1, 0.15) is 49.4 Å². The molecule has 2 atom stereocenters. The minimum absolute atomic E-state index is 0. The number of aromatic nitrogens is 1. The van der Waals surface area contributed by atoms with Crippen LogP contribution >= 0.6 is 0 Å². The number of aliphatic carboxylic acids is 1. The molecule has 184 valence electrons. The molecule has 0 spiro atoms. The largest absolute Gasteiger partial charge is 1.00 e. The van der Waals surface area contributed by atoms with Gasteiger partial charge in [-0.15, -0.1) is 0 Å². The Balaban J connectivity index is 0.00000432. The molecule has 0 aliphatic carbocycles. The maximum Gasteiger partial charge on any atom is 1.00 e. The predicted octanol–water partition coefficient (Wildman–Crippen LogP) is -1.40. The number of carbonyl (C=O) groups excluding carboxylic acids is 1. The van der Waals surface area contributed by atoms with Crippen LogP contribution in [0.5, 0.6) is 0 Å². The molecule has 0 saturated heterocycles. The molecule has 0 unspecified atom stereocenters. The second-order valence-corrected chi connectivity index (χ2v) is 10.6. The molecule has 0 radical (unpaired) electrons. The number of pyridine rings is 1. The number of aliphatic hydroxyl groups excluding tert-OH is 2. The van der Waals surface area contributed by atoms with Crippen LogP contribution in [0.3, 0.4) is 0 Å². The van der Waals surface area contributed by atoms with E-state index in [4.69, 9.17) is 0 Å². The molecular formula is C24H28FN2NaO6S. The number of halogens is 1. The molecule has 35 heavy (non-hydrogen) atoms. The summed E-state index contributed by atoms with van der Waals surface area (Å²) in [5.74, 6) is -1.60. The third-order valence-corrected chi connectivity index (χ3v) is 6.78. The number of fused-ring (bicyclic) bond motifs is 1. The standard InChI is InChI=1S/C24H29FN2O6S.Na/c1-14(2)23-19(9-8-17(28)12-18(29)13-21(30)31)22(15-4-6-16(25)7-5-15)20-10-11-27(24(20)26-23)34(3,32)33;/h4-9,14,17-18,28-29H,10-13H2,1-3H3,(H,30,31);/q;+1/p-1/b9-8+;/t17-,18-;/m1./s1. The van der Waals surface area contributed by atoms with Crippen LogP contribution in [-0.2, 0) is 21.2 Å². The summed E-state index contributed by atoms with van der Waals surface area (Å²) in [6.07, 6.45) is 1.40. The monoisotopic (exact) mass is 514 g/mol. The Kier molecular flexibility index (Phi) is 10.0. The van der Waals surface area contributed by atoms with Crippen LogP contribution in [0, 0.1) is 5.82 Å². The van der Waals surface area contributed by atoms with Crippen molar-refractivity contribution in [2.24, 2.45) is 0 Å². The van der Waals surface area contributed by atoms with Crippen molar-refractivity contribution in [3.8, 4) is 11.1 Å². The summed E-state index contributed by atoms with van der Waals surface area (Å²) in [6.45, 7) is 4.04. The normalized spacial score (nSPS) is 15.2. The zero-order valence-electron chi connectivity index (χ0n) is 20.2. The van der Waals surface area contributed by atoms with Gasteiger partial charge in [-0.3, -0.25) is 4.31 Å². The van der Waals surface area contributed by atoms with E-state index in [0.29, 0.717) is 40.2 Å². The van der Waals surface area contributed by atoms with Gasteiger partial charge in [0.2, 0.25) is 10.0 Å². The number of nitrogens with zero attached hydrogens (tertiary/aromatic N) is 2. The number of hydrogen-bond acceptors (Lipinski definition) is 7. The first-order valence-corrected chi connectivity index (χ1v) is 12.8. The minimum atomic E-state index is -3.55. The third kappa shape index (κ3) is 7.12. The van der Waals surface area contributed by atoms with Gasteiger partial charge in [0.05, 0.1) is 24.2 Å². The van der Waals surface area contributed by atoms with Crippen LogP contribution in [0.2, 0.25) is 0 Å². The predicted molar refractivity (Wildman–Crippen MR) is 125 cm³/mol. The molecule has 8 nitrogen and oxygen atoms in total. The van der Waals surface area contributed by atoms with Crippen LogP contribution in [0.25, 0.3) is 17.2 Å².